The molecule has 12 nitrogen and oxygen atoms in total. The molecule has 0 heterocycles. The summed E-state index contributed by atoms with van der Waals surface area (Å²) in [6.45, 7) is 33.2. The van der Waals surface area contributed by atoms with Crippen molar-refractivity contribution in [2.75, 3.05) is 34.5 Å². The number of esters is 2. The lowest BCUT2D eigenvalue weighted by atomic mass is 10.1. The summed E-state index contributed by atoms with van der Waals surface area (Å²) in [5.74, 6) is -0.603. The van der Waals surface area contributed by atoms with Gasteiger partial charge < -0.3 is 38.0 Å². The van der Waals surface area contributed by atoms with E-state index in [0.717, 1.165) is 0 Å². The molecule has 0 aromatic carbocycles. The Morgan fingerprint density at radius 1 is 0.627 bits per heavy atom. The van der Waals surface area contributed by atoms with Crippen molar-refractivity contribution < 1.29 is 47.0 Å². The highest BCUT2D eigenvalue weighted by Crippen LogP contribution is 2.37. The lowest BCUT2D eigenvalue weighted by Gasteiger charge is -2.38. The summed E-state index contributed by atoms with van der Waals surface area (Å²) in [5, 5.41) is 2.95. The van der Waals surface area contributed by atoms with Crippen molar-refractivity contribution in [3.8, 4) is 0 Å². The topological polar surface area (TPSA) is 139 Å². The number of carbonyl (C=O) groups is 4. The van der Waals surface area contributed by atoms with E-state index in [1.54, 1.807) is 7.05 Å². The SMILES string of the molecule is COC(=O)CC[C@@H](CO[Si](C)(C)C(C)(C)C)N(C)C(=O)OC(C)(C)C.COC(=O)CC[C@@H](CO[Si](C)(C)C(C)(C)C)NC(=O)OC(C)(C)C.S.S. The molecular weight excluding hydrogens is 729 g/mol. The van der Waals surface area contributed by atoms with E-state index in [2.05, 4.69) is 77.8 Å². The number of nitrogens with one attached hydrogen (secondary N) is 1. The molecule has 0 saturated heterocycles. The quantitative estimate of drug-likeness (QED) is 0.104. The van der Waals surface area contributed by atoms with Crippen molar-refractivity contribution in [3.63, 3.8) is 0 Å². The smallest absolute Gasteiger partial charge is 0.410 e. The lowest BCUT2D eigenvalue weighted by Crippen LogP contribution is -2.48. The number of carbonyl (C=O) groups excluding carboxylic acids is 4. The van der Waals surface area contributed by atoms with Gasteiger partial charge in [-0.05, 0) is 90.6 Å². The van der Waals surface area contributed by atoms with Crippen LogP contribution in [0.5, 0.6) is 0 Å². The fourth-order valence-electron chi connectivity index (χ4n) is 3.37. The molecule has 0 saturated carbocycles. The maximum Gasteiger partial charge on any atom is 0.410 e. The molecule has 0 radical (unpaired) electrons. The molecule has 0 unspecified atom stereocenters. The molecular formula is C35H76N2O10S2Si2. The third-order valence-electron chi connectivity index (χ3n) is 8.68. The minimum atomic E-state index is -1.95. The number of nitrogens with zero attached hydrogens (tertiary/aromatic N) is 1. The Bertz CT molecular complexity index is 1050. The molecule has 0 aliphatic heterocycles. The first-order valence-electron chi connectivity index (χ1n) is 17.2. The van der Waals surface area contributed by atoms with Gasteiger partial charge in [0.2, 0.25) is 0 Å². The number of ether oxygens (including phenoxy) is 4. The van der Waals surface area contributed by atoms with Gasteiger partial charge in [0.1, 0.15) is 11.2 Å². The van der Waals surface area contributed by atoms with E-state index >= 15 is 0 Å². The number of rotatable bonds is 14. The van der Waals surface area contributed by atoms with E-state index in [1.165, 1.54) is 19.1 Å². The zero-order valence-electron chi connectivity index (χ0n) is 35.4. The first-order chi connectivity index (χ1) is 21.8. The van der Waals surface area contributed by atoms with E-state index in [4.69, 9.17) is 23.1 Å². The van der Waals surface area contributed by atoms with Crippen molar-refractivity contribution in [2.24, 2.45) is 0 Å². The van der Waals surface area contributed by atoms with E-state index in [9.17, 15) is 19.2 Å². The van der Waals surface area contributed by atoms with Crippen LogP contribution in [0.3, 0.4) is 0 Å². The van der Waals surface area contributed by atoms with Crippen LogP contribution in [-0.2, 0) is 37.4 Å². The van der Waals surface area contributed by atoms with Crippen molar-refractivity contribution in [1.82, 2.24) is 10.2 Å². The highest BCUT2D eigenvalue weighted by atomic mass is 32.1. The summed E-state index contributed by atoms with van der Waals surface area (Å²) in [6, 6.07) is -0.545. The van der Waals surface area contributed by atoms with Gasteiger partial charge >= 0.3 is 24.1 Å². The summed E-state index contributed by atoms with van der Waals surface area (Å²) in [6.07, 6.45) is 0.447. The van der Waals surface area contributed by atoms with Gasteiger partial charge in [0.15, 0.2) is 16.6 Å². The van der Waals surface area contributed by atoms with Crippen LogP contribution in [-0.4, -0.2) is 103 Å². The molecule has 0 rings (SSSR count). The predicted octanol–water partition coefficient (Wildman–Crippen LogP) is 8.28. The number of methoxy groups -OCH3 is 2. The van der Waals surface area contributed by atoms with Crippen LogP contribution < -0.4 is 5.32 Å². The molecule has 0 bridgehead atoms. The maximum atomic E-state index is 12.4. The van der Waals surface area contributed by atoms with E-state index in [-0.39, 0.29) is 73.9 Å². The van der Waals surface area contributed by atoms with Crippen molar-refractivity contribution in [1.29, 1.82) is 0 Å². The second kappa shape index (κ2) is 23.3. The standard InChI is InChI=1S/C18H37NO5Si.C17H35NO5Si.2H2S/c1-17(2,3)24-16(21)19(7)14(11-12-15(20)22-8)13-23-25(9,10)18(4,5)6;1-16(2,3)23-15(20)18-13(10-11-14(19)21-7)12-22-24(8,9)17(4,5)6;;/h14H,11-13H2,1-10H3;13H,10-12H2,1-9H3,(H,18,20);2*1H2/t14-;13-;;/m00../s1. The van der Waals surface area contributed by atoms with Crippen LogP contribution in [0.25, 0.3) is 0 Å². The minimum Gasteiger partial charge on any atom is -0.469 e. The van der Waals surface area contributed by atoms with Gasteiger partial charge in [-0.1, -0.05) is 41.5 Å². The molecule has 0 aromatic heterocycles. The van der Waals surface area contributed by atoms with Crippen LogP contribution in [0.15, 0.2) is 0 Å². The Hall–Kier alpha value is -1.47. The summed E-state index contributed by atoms with van der Waals surface area (Å²) in [4.78, 5) is 48.8. The Kier molecular flexibility index (Phi) is 25.8. The normalized spacial score (nSPS) is 13.5. The van der Waals surface area contributed by atoms with Gasteiger partial charge in [0.25, 0.3) is 0 Å². The first kappa shape index (κ1) is 56.3. The maximum absolute atomic E-state index is 12.4. The van der Waals surface area contributed by atoms with Crippen LogP contribution in [0.2, 0.25) is 36.3 Å². The highest BCUT2D eigenvalue weighted by molar-refractivity contribution is 7.59. The van der Waals surface area contributed by atoms with E-state index in [1.807, 2.05) is 41.5 Å². The number of amides is 2. The first-order valence-corrected chi connectivity index (χ1v) is 23.0. The van der Waals surface area contributed by atoms with E-state index in [0.29, 0.717) is 26.1 Å². The number of hydrogen-bond donors (Lipinski definition) is 1. The van der Waals surface area contributed by atoms with E-state index < -0.39 is 40.0 Å². The molecule has 0 aliphatic rings. The van der Waals surface area contributed by atoms with Gasteiger partial charge in [0.05, 0.1) is 39.5 Å². The molecule has 0 spiro atoms. The summed E-state index contributed by atoms with van der Waals surface area (Å²) in [7, 11) is 0.507. The number of alkyl carbamates (subject to hydrolysis) is 1. The predicted molar refractivity (Wildman–Crippen MR) is 221 cm³/mol. The van der Waals surface area contributed by atoms with Gasteiger partial charge in [-0.15, -0.1) is 0 Å². The molecule has 0 fully saturated rings. The molecule has 51 heavy (non-hydrogen) atoms. The van der Waals surface area contributed by atoms with Gasteiger partial charge in [-0.25, -0.2) is 9.59 Å². The zero-order chi connectivity index (χ0) is 39.2. The molecule has 1 N–H and O–H groups in total. The summed E-state index contributed by atoms with van der Waals surface area (Å²) in [5.41, 5.74) is -1.14. The van der Waals surface area contributed by atoms with Crippen LogP contribution in [0.1, 0.15) is 109 Å². The Balaban J connectivity index is -0.000000417. The number of likely N-dealkylation sites (N-methyl/N-ethyl adjacent to an activating group) is 1. The summed E-state index contributed by atoms with van der Waals surface area (Å²) < 4.78 is 32.5. The van der Waals surface area contributed by atoms with Crippen LogP contribution >= 0.6 is 27.0 Å². The highest BCUT2D eigenvalue weighted by Gasteiger charge is 2.39. The zero-order valence-corrected chi connectivity index (χ0v) is 39.4. The fraction of sp³-hybridized carbons (Fsp3) is 0.886. The molecule has 306 valence electrons. The molecule has 2 atom stereocenters. The minimum absolute atomic E-state index is 0. The molecule has 2 amide bonds. The Morgan fingerprint density at radius 3 is 1.35 bits per heavy atom. The van der Waals surface area contributed by atoms with Crippen LogP contribution in [0.4, 0.5) is 9.59 Å². The van der Waals surface area contributed by atoms with Gasteiger partial charge in [-0.3, -0.25) is 9.59 Å². The third-order valence-corrected chi connectivity index (χ3v) is 17.7. The third kappa shape index (κ3) is 25.2. The second-order valence-electron chi connectivity index (χ2n) is 17.5. The van der Waals surface area contributed by atoms with Crippen molar-refractivity contribution in [2.45, 2.75) is 168 Å². The van der Waals surface area contributed by atoms with Gasteiger partial charge in [0, 0.05) is 19.9 Å². The molecule has 16 heteroatoms. The largest absolute Gasteiger partial charge is 0.469 e. The molecule has 0 aliphatic carbocycles. The number of hydrogen-bond acceptors (Lipinski definition) is 10. The van der Waals surface area contributed by atoms with Crippen molar-refractivity contribution in [3.05, 3.63) is 0 Å². The summed E-state index contributed by atoms with van der Waals surface area (Å²) >= 11 is 0. The van der Waals surface area contributed by atoms with Gasteiger partial charge in [-0.2, -0.15) is 27.0 Å². The fourth-order valence-corrected chi connectivity index (χ4v) is 5.46. The average Bonchev–Trinajstić information content (AvgIpc) is 2.90. The average molecular weight is 805 g/mol. The lowest BCUT2D eigenvalue weighted by molar-refractivity contribution is -0.141. The second-order valence-corrected chi connectivity index (χ2v) is 27.1. The Labute approximate surface area is 326 Å². The Morgan fingerprint density at radius 2 is 1.00 bits per heavy atom. The molecule has 0 aromatic rings. The van der Waals surface area contributed by atoms with Crippen LogP contribution in [0, 0.1) is 0 Å². The van der Waals surface area contributed by atoms with Crippen molar-refractivity contribution >= 4 is 67.8 Å². The monoisotopic (exact) mass is 804 g/mol.